The fraction of sp³-hybridized carbons (Fsp3) is 0.625. The minimum Gasteiger partial charge on any atom is -0.314 e. The van der Waals surface area contributed by atoms with E-state index in [4.69, 9.17) is 11.6 Å². The number of halogens is 5. The number of hydrogen-bond donors (Lipinski definition) is 1. The Morgan fingerprint density at radius 2 is 1.83 bits per heavy atom. The van der Waals surface area contributed by atoms with Gasteiger partial charge in [-0.25, -0.2) is 0 Å². The maximum absolute atomic E-state index is 13.4. The van der Waals surface area contributed by atoms with Gasteiger partial charge >= 0.3 is 6.18 Å². The van der Waals surface area contributed by atoms with Crippen molar-refractivity contribution < 1.29 is 13.2 Å². The van der Waals surface area contributed by atoms with Crippen molar-refractivity contribution in [2.24, 2.45) is 5.92 Å². The number of piperazine rings is 1. The zero-order valence-corrected chi connectivity index (χ0v) is 14.9. The fourth-order valence-corrected chi connectivity index (χ4v) is 3.31. The molecule has 0 spiro atoms. The van der Waals surface area contributed by atoms with Crippen LogP contribution in [0.2, 0.25) is 5.02 Å². The van der Waals surface area contributed by atoms with Crippen LogP contribution in [-0.2, 0) is 6.18 Å². The Hall–Kier alpha value is -0.490. The highest BCUT2D eigenvalue weighted by Crippen LogP contribution is 2.42. The van der Waals surface area contributed by atoms with Crippen LogP contribution in [0.25, 0.3) is 0 Å². The molecule has 1 aliphatic rings. The van der Waals surface area contributed by atoms with Crippen molar-refractivity contribution in [2.45, 2.75) is 32.5 Å². The molecule has 1 aliphatic heterocycles. The first-order valence-electron chi connectivity index (χ1n) is 7.61. The van der Waals surface area contributed by atoms with Crippen LogP contribution in [0.3, 0.4) is 0 Å². The molecule has 1 aromatic carbocycles. The third kappa shape index (κ3) is 5.24. The van der Waals surface area contributed by atoms with E-state index in [-0.39, 0.29) is 35.0 Å². The van der Waals surface area contributed by atoms with Gasteiger partial charge in [-0.3, -0.25) is 4.90 Å². The number of benzene rings is 1. The molecule has 2 nitrogen and oxygen atoms in total. The van der Waals surface area contributed by atoms with Gasteiger partial charge in [-0.1, -0.05) is 31.5 Å². The molecule has 132 valence electrons. The average Bonchev–Trinajstić information content (AvgIpc) is 2.44. The lowest BCUT2D eigenvalue weighted by atomic mass is 9.91. The second-order valence-corrected chi connectivity index (χ2v) is 6.54. The lowest BCUT2D eigenvalue weighted by Crippen LogP contribution is -2.45. The van der Waals surface area contributed by atoms with Crippen molar-refractivity contribution in [1.29, 1.82) is 0 Å². The number of hydrogen-bond acceptors (Lipinski definition) is 2. The molecule has 0 unspecified atom stereocenters. The molecule has 1 heterocycles. The fourth-order valence-electron chi connectivity index (χ4n) is 3.01. The minimum absolute atomic E-state index is 0. The molecule has 1 N–H and O–H groups in total. The van der Waals surface area contributed by atoms with Gasteiger partial charge in [-0.15, -0.1) is 12.4 Å². The standard InChI is InChI=1S/C16H22ClF3N2.ClH/c1-11(2)10-14(22-8-6-21-7-9-22)15-12(16(18,19)20)4-3-5-13(15)17;/h3-5,11,14,21H,6-10H2,1-2H3;1H/t14-;/m1./s1. The van der Waals surface area contributed by atoms with Crippen LogP contribution in [0, 0.1) is 5.92 Å². The van der Waals surface area contributed by atoms with E-state index in [1.807, 2.05) is 13.8 Å². The Morgan fingerprint density at radius 1 is 1.22 bits per heavy atom. The maximum Gasteiger partial charge on any atom is 0.416 e. The highest BCUT2D eigenvalue weighted by Gasteiger charge is 2.38. The summed E-state index contributed by atoms with van der Waals surface area (Å²) in [4.78, 5) is 2.12. The minimum atomic E-state index is -4.39. The van der Waals surface area contributed by atoms with Crippen molar-refractivity contribution in [3.8, 4) is 0 Å². The molecule has 1 aromatic rings. The topological polar surface area (TPSA) is 15.3 Å². The third-order valence-corrected chi connectivity index (χ3v) is 4.31. The van der Waals surface area contributed by atoms with Gasteiger partial charge in [-0.05, 0) is 24.5 Å². The van der Waals surface area contributed by atoms with Gasteiger partial charge in [0.05, 0.1) is 5.56 Å². The van der Waals surface area contributed by atoms with Crippen LogP contribution in [-0.4, -0.2) is 31.1 Å². The van der Waals surface area contributed by atoms with E-state index in [0.29, 0.717) is 6.42 Å². The number of alkyl halides is 3. The van der Waals surface area contributed by atoms with Crippen LogP contribution < -0.4 is 5.32 Å². The largest absolute Gasteiger partial charge is 0.416 e. The summed E-state index contributed by atoms with van der Waals surface area (Å²) in [6.07, 6.45) is -3.73. The molecule has 0 amide bonds. The van der Waals surface area contributed by atoms with Crippen molar-refractivity contribution in [1.82, 2.24) is 10.2 Å². The third-order valence-electron chi connectivity index (χ3n) is 3.98. The summed E-state index contributed by atoms with van der Waals surface area (Å²) < 4.78 is 40.2. The van der Waals surface area contributed by atoms with Crippen molar-refractivity contribution >= 4 is 24.0 Å². The molecule has 2 rings (SSSR count). The molecule has 23 heavy (non-hydrogen) atoms. The quantitative estimate of drug-likeness (QED) is 0.820. The summed E-state index contributed by atoms with van der Waals surface area (Å²) in [5, 5.41) is 3.44. The Labute approximate surface area is 146 Å². The van der Waals surface area contributed by atoms with E-state index < -0.39 is 11.7 Å². The van der Waals surface area contributed by atoms with Crippen LogP contribution in [0.15, 0.2) is 18.2 Å². The van der Waals surface area contributed by atoms with E-state index in [1.54, 1.807) is 6.07 Å². The Bertz CT molecular complexity index is 501. The predicted octanol–water partition coefficient (Wildman–Crippen LogP) is 4.77. The second-order valence-electron chi connectivity index (χ2n) is 6.13. The summed E-state index contributed by atoms with van der Waals surface area (Å²) in [6.45, 7) is 7.11. The van der Waals surface area contributed by atoms with Crippen molar-refractivity contribution in [3.05, 3.63) is 34.3 Å². The summed E-state index contributed by atoms with van der Waals surface area (Å²) in [7, 11) is 0. The lowest BCUT2D eigenvalue weighted by molar-refractivity contribution is -0.138. The first kappa shape index (κ1) is 20.6. The first-order chi connectivity index (χ1) is 10.3. The van der Waals surface area contributed by atoms with Gasteiger partial charge in [-0.2, -0.15) is 13.2 Å². The molecule has 7 heteroatoms. The van der Waals surface area contributed by atoms with Crippen molar-refractivity contribution in [2.75, 3.05) is 26.2 Å². The Balaban J connectivity index is 0.00000264. The van der Waals surface area contributed by atoms with Gasteiger partial charge in [0.2, 0.25) is 0 Å². The molecule has 0 radical (unpaired) electrons. The maximum atomic E-state index is 13.4. The molecular weight excluding hydrogens is 348 g/mol. The molecule has 0 aromatic heterocycles. The van der Waals surface area contributed by atoms with Gasteiger partial charge in [0, 0.05) is 42.8 Å². The monoisotopic (exact) mass is 370 g/mol. The molecule has 0 bridgehead atoms. The second kappa shape index (κ2) is 8.56. The van der Waals surface area contributed by atoms with Gasteiger partial charge in [0.25, 0.3) is 0 Å². The van der Waals surface area contributed by atoms with E-state index in [0.717, 1.165) is 32.2 Å². The van der Waals surface area contributed by atoms with E-state index in [1.165, 1.54) is 6.07 Å². The van der Waals surface area contributed by atoms with Crippen LogP contribution in [0.4, 0.5) is 13.2 Å². The van der Waals surface area contributed by atoms with Crippen molar-refractivity contribution in [3.63, 3.8) is 0 Å². The summed E-state index contributed by atoms with van der Waals surface area (Å²) in [6, 6.07) is 3.77. The molecule has 1 saturated heterocycles. The summed E-state index contributed by atoms with van der Waals surface area (Å²) >= 11 is 6.19. The van der Waals surface area contributed by atoms with E-state index in [9.17, 15) is 13.2 Å². The number of nitrogens with one attached hydrogen (secondary N) is 1. The Morgan fingerprint density at radius 3 is 2.35 bits per heavy atom. The first-order valence-corrected chi connectivity index (χ1v) is 7.99. The van der Waals surface area contributed by atoms with Gasteiger partial charge in [0.1, 0.15) is 0 Å². The van der Waals surface area contributed by atoms with E-state index >= 15 is 0 Å². The number of rotatable bonds is 4. The lowest BCUT2D eigenvalue weighted by Gasteiger charge is -2.37. The average molecular weight is 371 g/mol. The molecule has 1 atom stereocenters. The molecule has 1 fully saturated rings. The van der Waals surface area contributed by atoms with Gasteiger partial charge < -0.3 is 5.32 Å². The zero-order chi connectivity index (χ0) is 16.3. The smallest absolute Gasteiger partial charge is 0.314 e. The highest BCUT2D eigenvalue weighted by atomic mass is 35.5. The number of nitrogens with zero attached hydrogens (tertiary/aromatic N) is 1. The van der Waals surface area contributed by atoms with Crippen LogP contribution in [0.1, 0.15) is 37.4 Å². The van der Waals surface area contributed by atoms with Crippen LogP contribution >= 0.6 is 24.0 Å². The molecule has 0 aliphatic carbocycles. The SMILES string of the molecule is CC(C)C[C@H](c1c(Cl)cccc1C(F)(F)F)N1CCNCC1.Cl. The molecular formula is C16H23Cl2F3N2. The Kier molecular flexibility index (Phi) is 7.65. The zero-order valence-electron chi connectivity index (χ0n) is 13.3. The highest BCUT2D eigenvalue weighted by molar-refractivity contribution is 6.31. The van der Waals surface area contributed by atoms with E-state index in [2.05, 4.69) is 10.2 Å². The van der Waals surface area contributed by atoms with Crippen LogP contribution in [0.5, 0.6) is 0 Å². The summed E-state index contributed by atoms with van der Waals surface area (Å²) in [5.41, 5.74) is -0.378. The summed E-state index contributed by atoms with van der Waals surface area (Å²) in [5.74, 6) is 0.289. The molecule has 0 saturated carbocycles. The van der Waals surface area contributed by atoms with Gasteiger partial charge in [0.15, 0.2) is 0 Å². The predicted molar refractivity (Wildman–Crippen MR) is 90.3 cm³/mol. The normalized spacial score (nSPS) is 17.9.